The van der Waals surface area contributed by atoms with Crippen LogP contribution in [0.1, 0.15) is 5.76 Å². The maximum Gasteiger partial charge on any atom is 0.163 e. The first kappa shape index (κ1) is 15.1. The Bertz CT molecular complexity index is 849. The molecular formula is C18H15BrN2O3. The number of rotatable bonds is 4. The lowest BCUT2D eigenvalue weighted by Gasteiger charge is -2.20. The summed E-state index contributed by atoms with van der Waals surface area (Å²) in [5.74, 6) is 3.16. The quantitative estimate of drug-likeness (QED) is 0.715. The second-order valence-corrected chi connectivity index (χ2v) is 6.19. The number of aromatic nitrogens is 1. The summed E-state index contributed by atoms with van der Waals surface area (Å²) in [5.41, 5.74) is 1.89. The normalized spacial score (nSPS) is 12.9. The highest BCUT2D eigenvalue weighted by molar-refractivity contribution is 9.10. The maximum absolute atomic E-state index is 5.87. The van der Waals surface area contributed by atoms with Crippen molar-refractivity contribution < 1.29 is 13.9 Å². The molecule has 3 aromatic rings. The first-order valence-corrected chi connectivity index (χ1v) is 8.41. The number of fused-ring (bicyclic) bond motifs is 1. The van der Waals surface area contributed by atoms with Gasteiger partial charge in [-0.25, -0.2) is 0 Å². The Kier molecular flexibility index (Phi) is 4.13. The van der Waals surface area contributed by atoms with Gasteiger partial charge in [0, 0.05) is 34.6 Å². The highest BCUT2D eigenvalue weighted by Crippen LogP contribution is 2.38. The van der Waals surface area contributed by atoms with Gasteiger partial charge in [-0.3, -0.25) is 4.98 Å². The van der Waals surface area contributed by atoms with Crippen molar-refractivity contribution in [1.82, 2.24) is 4.98 Å². The second kappa shape index (κ2) is 6.57. The van der Waals surface area contributed by atoms with Crippen LogP contribution >= 0.6 is 15.9 Å². The van der Waals surface area contributed by atoms with Gasteiger partial charge in [-0.15, -0.1) is 0 Å². The predicted molar refractivity (Wildman–Crippen MR) is 94.4 cm³/mol. The number of anilines is 1. The summed E-state index contributed by atoms with van der Waals surface area (Å²) in [7, 11) is 0. The number of ether oxygens (including phenoxy) is 2. The first-order chi connectivity index (χ1) is 11.8. The van der Waals surface area contributed by atoms with E-state index in [1.807, 2.05) is 36.4 Å². The first-order valence-electron chi connectivity index (χ1n) is 7.62. The molecular weight excluding hydrogens is 372 g/mol. The number of hydrogen-bond acceptors (Lipinski definition) is 5. The van der Waals surface area contributed by atoms with Crippen LogP contribution in [0.5, 0.6) is 11.5 Å². The highest BCUT2D eigenvalue weighted by Gasteiger charge is 2.15. The summed E-state index contributed by atoms with van der Waals surface area (Å²) >= 11 is 3.55. The molecule has 5 nitrogen and oxygen atoms in total. The van der Waals surface area contributed by atoms with E-state index in [2.05, 4.69) is 26.2 Å². The van der Waals surface area contributed by atoms with Crippen molar-refractivity contribution in [3.05, 3.63) is 59.0 Å². The molecule has 24 heavy (non-hydrogen) atoms. The molecule has 0 unspecified atom stereocenters. The van der Waals surface area contributed by atoms with Crippen LogP contribution in [-0.4, -0.2) is 18.2 Å². The van der Waals surface area contributed by atoms with Crippen molar-refractivity contribution >= 4 is 21.6 Å². The van der Waals surface area contributed by atoms with Gasteiger partial charge >= 0.3 is 0 Å². The lowest BCUT2D eigenvalue weighted by atomic mass is 10.2. The lowest BCUT2D eigenvalue weighted by Crippen LogP contribution is -2.15. The molecule has 0 radical (unpaired) electrons. The fourth-order valence-electron chi connectivity index (χ4n) is 2.52. The van der Waals surface area contributed by atoms with E-state index in [4.69, 9.17) is 13.9 Å². The van der Waals surface area contributed by atoms with E-state index >= 15 is 0 Å². The zero-order valence-corrected chi connectivity index (χ0v) is 14.4. The summed E-state index contributed by atoms with van der Waals surface area (Å²) in [4.78, 5) is 4.11. The number of furan rings is 1. The Hall–Kier alpha value is -2.47. The van der Waals surface area contributed by atoms with Crippen molar-refractivity contribution in [2.24, 2.45) is 0 Å². The molecule has 0 atom stereocenters. The van der Waals surface area contributed by atoms with E-state index in [9.17, 15) is 0 Å². The second-order valence-electron chi connectivity index (χ2n) is 5.34. The zero-order valence-electron chi connectivity index (χ0n) is 12.8. The molecule has 1 N–H and O–H groups in total. The number of hydrogen-bond donors (Lipinski definition) is 1. The van der Waals surface area contributed by atoms with Crippen molar-refractivity contribution in [2.45, 2.75) is 6.54 Å². The summed E-state index contributed by atoms with van der Waals surface area (Å²) in [6.45, 7) is 1.72. The van der Waals surface area contributed by atoms with E-state index in [0.29, 0.717) is 19.8 Å². The average molecular weight is 387 g/mol. The average Bonchev–Trinajstić information content (AvgIpc) is 3.10. The van der Waals surface area contributed by atoms with Gasteiger partial charge in [-0.2, -0.15) is 0 Å². The zero-order chi connectivity index (χ0) is 16.4. The molecule has 4 rings (SSSR count). The van der Waals surface area contributed by atoms with E-state index in [0.717, 1.165) is 38.7 Å². The van der Waals surface area contributed by atoms with Crippen molar-refractivity contribution in [1.29, 1.82) is 0 Å². The molecule has 1 aromatic carbocycles. The molecule has 3 heterocycles. The Morgan fingerprint density at radius 1 is 1.08 bits per heavy atom. The molecule has 0 aliphatic carbocycles. The molecule has 1 aliphatic rings. The van der Waals surface area contributed by atoms with Crippen LogP contribution in [0, 0.1) is 0 Å². The molecule has 0 saturated carbocycles. The van der Waals surface area contributed by atoms with Crippen molar-refractivity contribution in [3.8, 4) is 22.8 Å². The fraction of sp³-hybridized carbons (Fsp3) is 0.167. The van der Waals surface area contributed by atoms with Crippen LogP contribution in [0.3, 0.4) is 0 Å². The largest absolute Gasteiger partial charge is 0.486 e. The van der Waals surface area contributed by atoms with Gasteiger partial charge in [0.25, 0.3) is 0 Å². The van der Waals surface area contributed by atoms with Gasteiger partial charge in [-0.05, 0) is 40.2 Å². The fourth-order valence-corrected chi connectivity index (χ4v) is 2.98. The van der Waals surface area contributed by atoms with Crippen LogP contribution in [0.2, 0.25) is 0 Å². The summed E-state index contributed by atoms with van der Waals surface area (Å²) in [5, 5.41) is 3.35. The molecule has 0 amide bonds. The monoisotopic (exact) mass is 386 g/mol. The molecule has 122 valence electrons. The Morgan fingerprint density at radius 2 is 1.92 bits per heavy atom. The third-order valence-electron chi connectivity index (χ3n) is 3.69. The van der Waals surface area contributed by atoms with Crippen LogP contribution in [0.25, 0.3) is 11.3 Å². The van der Waals surface area contributed by atoms with Crippen molar-refractivity contribution in [3.63, 3.8) is 0 Å². The maximum atomic E-state index is 5.87. The Labute approximate surface area is 147 Å². The van der Waals surface area contributed by atoms with Crippen LogP contribution in [-0.2, 0) is 6.54 Å². The lowest BCUT2D eigenvalue weighted by molar-refractivity contribution is 0.171. The molecule has 0 bridgehead atoms. The Morgan fingerprint density at radius 3 is 2.71 bits per heavy atom. The SMILES string of the molecule is Brc1cc2c(cc1NCc1ccc(-c3cccnc3)o1)OCCO2. The summed E-state index contributed by atoms with van der Waals surface area (Å²) in [6.07, 6.45) is 3.53. The number of nitrogens with one attached hydrogen (secondary N) is 1. The van der Waals surface area contributed by atoms with E-state index in [1.165, 1.54) is 0 Å². The van der Waals surface area contributed by atoms with E-state index in [1.54, 1.807) is 12.4 Å². The highest BCUT2D eigenvalue weighted by atomic mass is 79.9. The smallest absolute Gasteiger partial charge is 0.163 e. The standard InChI is InChI=1S/C18H15BrN2O3/c19-14-8-17-18(23-7-6-22-17)9-15(14)21-11-13-3-4-16(24-13)12-2-1-5-20-10-12/h1-5,8-10,21H,6-7,11H2. The number of nitrogens with zero attached hydrogens (tertiary/aromatic N) is 1. The molecule has 0 spiro atoms. The van der Waals surface area contributed by atoms with Gasteiger partial charge in [0.15, 0.2) is 11.5 Å². The molecule has 2 aromatic heterocycles. The van der Waals surface area contributed by atoms with Crippen LogP contribution in [0.15, 0.2) is 57.7 Å². The topological polar surface area (TPSA) is 56.5 Å². The third-order valence-corrected chi connectivity index (χ3v) is 4.35. The van der Waals surface area contributed by atoms with Crippen LogP contribution in [0.4, 0.5) is 5.69 Å². The summed E-state index contributed by atoms with van der Waals surface area (Å²) in [6, 6.07) is 11.6. The van der Waals surface area contributed by atoms with Gasteiger partial charge in [0.05, 0.1) is 12.2 Å². The molecule has 0 saturated heterocycles. The molecule has 6 heteroatoms. The molecule has 0 fully saturated rings. The van der Waals surface area contributed by atoms with E-state index < -0.39 is 0 Å². The minimum atomic E-state index is 0.568. The van der Waals surface area contributed by atoms with Gasteiger partial charge in [0.1, 0.15) is 24.7 Å². The number of halogens is 1. The third kappa shape index (κ3) is 3.10. The minimum absolute atomic E-state index is 0.568. The summed E-state index contributed by atoms with van der Waals surface area (Å²) < 4.78 is 18.0. The number of pyridine rings is 1. The predicted octanol–water partition coefficient (Wildman–Crippen LogP) is 4.49. The molecule has 1 aliphatic heterocycles. The van der Waals surface area contributed by atoms with Gasteiger partial charge < -0.3 is 19.2 Å². The van der Waals surface area contributed by atoms with Crippen molar-refractivity contribution in [2.75, 3.05) is 18.5 Å². The van der Waals surface area contributed by atoms with E-state index in [-0.39, 0.29) is 0 Å². The Balaban J connectivity index is 1.48. The number of benzene rings is 1. The van der Waals surface area contributed by atoms with Gasteiger partial charge in [-0.1, -0.05) is 0 Å². The minimum Gasteiger partial charge on any atom is -0.486 e. The van der Waals surface area contributed by atoms with Gasteiger partial charge in [0.2, 0.25) is 0 Å². The van der Waals surface area contributed by atoms with Crippen LogP contribution < -0.4 is 14.8 Å².